The fraction of sp³-hybridized carbons (Fsp3) is 0.571. The van der Waals surface area contributed by atoms with E-state index >= 15 is 0 Å². The first-order chi connectivity index (χ1) is 8.79. The molecule has 1 heterocycles. The summed E-state index contributed by atoms with van der Waals surface area (Å²) in [5.74, 6) is 0.372. The van der Waals surface area contributed by atoms with E-state index in [1.54, 1.807) is 6.07 Å². The third-order valence-electron chi connectivity index (χ3n) is 3.29. The lowest BCUT2D eigenvalue weighted by molar-refractivity contribution is 0.141. The number of benzene rings is 1. The zero-order valence-corrected chi connectivity index (χ0v) is 10.3. The Morgan fingerprint density at radius 3 is 2.89 bits per heavy atom. The van der Waals surface area contributed by atoms with Crippen LogP contribution >= 0.6 is 0 Å². The van der Waals surface area contributed by atoms with Gasteiger partial charge in [0.15, 0.2) is 0 Å². The number of hydrogen-bond acceptors (Lipinski definition) is 3. The van der Waals surface area contributed by atoms with Gasteiger partial charge in [0.2, 0.25) is 0 Å². The minimum Gasteiger partial charge on any atom is -0.488 e. The van der Waals surface area contributed by atoms with Gasteiger partial charge in [-0.2, -0.15) is 0 Å². The van der Waals surface area contributed by atoms with Gasteiger partial charge in [0, 0.05) is 25.1 Å². The van der Waals surface area contributed by atoms with Crippen LogP contribution in [-0.4, -0.2) is 25.4 Å². The number of rotatable bonds is 5. The molecule has 0 aromatic heterocycles. The molecule has 3 nitrogen and oxygen atoms in total. The largest absolute Gasteiger partial charge is 0.488 e. The van der Waals surface area contributed by atoms with Crippen molar-refractivity contribution >= 4 is 0 Å². The van der Waals surface area contributed by atoms with Crippen molar-refractivity contribution in [1.29, 1.82) is 0 Å². The molecule has 98 valence electrons. The van der Waals surface area contributed by atoms with Crippen molar-refractivity contribution in [2.24, 2.45) is 0 Å². The predicted molar refractivity (Wildman–Crippen MR) is 66.1 cm³/mol. The molecule has 2 aliphatic rings. The second-order valence-electron chi connectivity index (χ2n) is 5.05. The van der Waals surface area contributed by atoms with E-state index in [2.05, 4.69) is 5.32 Å². The van der Waals surface area contributed by atoms with E-state index in [4.69, 9.17) is 9.47 Å². The normalized spacial score (nSPS) is 23.3. The summed E-state index contributed by atoms with van der Waals surface area (Å²) in [5.41, 5.74) is 0.941. The Bertz CT molecular complexity index is 414. The van der Waals surface area contributed by atoms with Crippen LogP contribution in [0.3, 0.4) is 0 Å². The van der Waals surface area contributed by atoms with Gasteiger partial charge in [0.1, 0.15) is 17.7 Å². The van der Waals surface area contributed by atoms with Crippen molar-refractivity contribution in [3.63, 3.8) is 0 Å². The molecule has 1 aliphatic carbocycles. The first-order valence-corrected chi connectivity index (χ1v) is 6.57. The lowest BCUT2D eigenvalue weighted by Gasteiger charge is -2.13. The summed E-state index contributed by atoms with van der Waals surface area (Å²) in [5, 5.41) is 3.37. The van der Waals surface area contributed by atoms with Crippen LogP contribution in [0.2, 0.25) is 0 Å². The van der Waals surface area contributed by atoms with E-state index in [0.29, 0.717) is 24.9 Å². The van der Waals surface area contributed by atoms with E-state index in [9.17, 15) is 4.39 Å². The minimum atomic E-state index is -0.237. The molecule has 1 saturated heterocycles. The highest BCUT2D eigenvalue weighted by Gasteiger charge is 2.21. The average Bonchev–Trinajstić information content (AvgIpc) is 3.04. The van der Waals surface area contributed by atoms with Gasteiger partial charge in [-0.05, 0) is 30.5 Å². The van der Waals surface area contributed by atoms with Gasteiger partial charge in [-0.15, -0.1) is 0 Å². The molecular weight excluding hydrogens is 233 g/mol. The zero-order valence-electron chi connectivity index (χ0n) is 10.3. The van der Waals surface area contributed by atoms with Crippen LogP contribution in [0, 0.1) is 5.82 Å². The molecule has 0 amide bonds. The van der Waals surface area contributed by atoms with Crippen LogP contribution in [0.5, 0.6) is 5.75 Å². The van der Waals surface area contributed by atoms with Crippen molar-refractivity contribution in [2.75, 3.05) is 13.2 Å². The molecule has 4 heteroatoms. The Morgan fingerprint density at radius 2 is 2.17 bits per heavy atom. The summed E-state index contributed by atoms with van der Waals surface area (Å²) in [6.45, 7) is 2.04. The Balaban J connectivity index is 1.64. The molecule has 18 heavy (non-hydrogen) atoms. The molecule has 2 fully saturated rings. The van der Waals surface area contributed by atoms with Gasteiger partial charge in [0.05, 0.1) is 13.2 Å². The van der Waals surface area contributed by atoms with Crippen molar-refractivity contribution in [2.45, 2.75) is 38.0 Å². The van der Waals surface area contributed by atoms with Gasteiger partial charge in [-0.1, -0.05) is 0 Å². The lowest BCUT2D eigenvalue weighted by Crippen LogP contribution is -2.17. The maximum Gasteiger partial charge on any atom is 0.127 e. The molecule has 0 bridgehead atoms. The second-order valence-corrected chi connectivity index (χ2v) is 5.05. The quantitative estimate of drug-likeness (QED) is 0.870. The van der Waals surface area contributed by atoms with Crippen LogP contribution in [0.25, 0.3) is 0 Å². The Morgan fingerprint density at radius 1 is 1.28 bits per heavy atom. The third-order valence-corrected chi connectivity index (χ3v) is 3.29. The van der Waals surface area contributed by atoms with Crippen molar-refractivity contribution in [3.05, 3.63) is 29.6 Å². The molecule has 1 aliphatic heterocycles. The molecule has 3 rings (SSSR count). The molecule has 1 atom stereocenters. The summed E-state index contributed by atoms with van der Waals surface area (Å²) >= 11 is 0. The summed E-state index contributed by atoms with van der Waals surface area (Å²) in [6, 6.07) is 5.55. The van der Waals surface area contributed by atoms with Crippen molar-refractivity contribution in [3.8, 4) is 5.75 Å². The standard InChI is InChI=1S/C14H18FNO2/c15-11-5-10(8-16-12-1-2-12)6-14(7-11)18-13-3-4-17-9-13/h5-7,12-13,16H,1-4,8-9H2. The molecule has 1 aromatic carbocycles. The van der Waals surface area contributed by atoms with Crippen LogP contribution in [0.4, 0.5) is 4.39 Å². The van der Waals surface area contributed by atoms with E-state index in [1.165, 1.54) is 18.9 Å². The van der Waals surface area contributed by atoms with Gasteiger partial charge >= 0.3 is 0 Å². The van der Waals surface area contributed by atoms with E-state index in [1.807, 2.05) is 6.07 Å². The summed E-state index contributed by atoms with van der Waals surface area (Å²) in [4.78, 5) is 0. The predicted octanol–water partition coefficient (Wildman–Crippen LogP) is 2.25. The van der Waals surface area contributed by atoms with Crippen LogP contribution in [0.15, 0.2) is 18.2 Å². The smallest absolute Gasteiger partial charge is 0.127 e. The van der Waals surface area contributed by atoms with E-state index in [0.717, 1.165) is 18.6 Å². The van der Waals surface area contributed by atoms with Gasteiger partial charge in [-0.25, -0.2) is 4.39 Å². The zero-order chi connectivity index (χ0) is 12.4. The average molecular weight is 251 g/mol. The molecule has 0 radical (unpaired) electrons. The van der Waals surface area contributed by atoms with Crippen molar-refractivity contribution in [1.82, 2.24) is 5.32 Å². The Hall–Kier alpha value is -1.13. The third kappa shape index (κ3) is 3.21. The van der Waals surface area contributed by atoms with Crippen molar-refractivity contribution < 1.29 is 13.9 Å². The molecular formula is C14H18FNO2. The minimum absolute atomic E-state index is 0.0658. The molecule has 1 aromatic rings. The van der Waals surface area contributed by atoms with Gasteiger partial charge in [-0.3, -0.25) is 0 Å². The fourth-order valence-electron chi connectivity index (χ4n) is 2.14. The highest BCUT2D eigenvalue weighted by Crippen LogP contribution is 2.22. The van der Waals surface area contributed by atoms with E-state index in [-0.39, 0.29) is 11.9 Å². The topological polar surface area (TPSA) is 30.5 Å². The van der Waals surface area contributed by atoms with Crippen LogP contribution < -0.4 is 10.1 Å². The van der Waals surface area contributed by atoms with Gasteiger partial charge < -0.3 is 14.8 Å². The SMILES string of the molecule is Fc1cc(CNC2CC2)cc(OC2CCOC2)c1. The number of halogens is 1. The summed E-state index contributed by atoms with van der Waals surface area (Å²) in [6.07, 6.45) is 3.42. The Kier molecular flexibility index (Phi) is 3.48. The molecule has 1 unspecified atom stereocenters. The van der Waals surface area contributed by atoms with E-state index < -0.39 is 0 Å². The first kappa shape index (κ1) is 11.9. The summed E-state index contributed by atoms with van der Waals surface area (Å²) in [7, 11) is 0. The molecule has 0 spiro atoms. The number of hydrogen-bond donors (Lipinski definition) is 1. The van der Waals surface area contributed by atoms with Gasteiger partial charge in [0.25, 0.3) is 0 Å². The first-order valence-electron chi connectivity index (χ1n) is 6.57. The summed E-state index contributed by atoms with van der Waals surface area (Å²) < 4.78 is 24.5. The molecule has 1 saturated carbocycles. The molecule has 1 N–H and O–H groups in total. The van der Waals surface area contributed by atoms with Crippen LogP contribution in [-0.2, 0) is 11.3 Å². The number of ether oxygens (including phenoxy) is 2. The monoisotopic (exact) mass is 251 g/mol. The highest BCUT2D eigenvalue weighted by atomic mass is 19.1. The maximum atomic E-state index is 13.5. The fourth-order valence-corrected chi connectivity index (χ4v) is 2.14. The van der Waals surface area contributed by atoms with Crippen LogP contribution in [0.1, 0.15) is 24.8 Å². The highest BCUT2D eigenvalue weighted by molar-refractivity contribution is 5.30. The Labute approximate surface area is 106 Å². The maximum absolute atomic E-state index is 13.5. The second kappa shape index (κ2) is 5.24. The lowest BCUT2D eigenvalue weighted by atomic mass is 10.2. The number of nitrogens with one attached hydrogen (secondary N) is 1.